The molecule has 0 amide bonds. The number of aryl methyl sites for hydroxylation is 1. The van der Waals surface area contributed by atoms with Gasteiger partial charge < -0.3 is 5.32 Å². The molecule has 0 aliphatic heterocycles. The molecule has 102 valence electrons. The molecule has 1 rings (SSSR count). The summed E-state index contributed by atoms with van der Waals surface area (Å²) in [5.74, 6) is 0. The molecular formula is C15H27N3. The van der Waals surface area contributed by atoms with Crippen molar-refractivity contribution in [2.75, 3.05) is 13.1 Å². The summed E-state index contributed by atoms with van der Waals surface area (Å²) in [6.45, 7) is 13.9. The lowest BCUT2D eigenvalue weighted by molar-refractivity contribution is 0.174. The monoisotopic (exact) mass is 249 g/mol. The van der Waals surface area contributed by atoms with E-state index in [4.69, 9.17) is 0 Å². The number of likely N-dealkylation sites (N-methyl/N-ethyl adjacent to an activating group) is 2. The number of hydrogen-bond donors (Lipinski definition) is 1. The Morgan fingerprint density at radius 1 is 1.28 bits per heavy atom. The number of nitrogens with zero attached hydrogens (tertiary/aromatic N) is 2. The third-order valence-electron chi connectivity index (χ3n) is 3.54. The Morgan fingerprint density at radius 3 is 2.56 bits per heavy atom. The molecule has 2 unspecified atom stereocenters. The SMILES string of the molecule is CCNC(C)C(C)N(CC)Cc1cccc(C)n1. The van der Waals surface area contributed by atoms with E-state index < -0.39 is 0 Å². The molecule has 0 aliphatic carbocycles. The van der Waals surface area contributed by atoms with E-state index in [0.717, 1.165) is 31.0 Å². The second-order valence-electron chi connectivity index (χ2n) is 4.92. The minimum atomic E-state index is 0.500. The van der Waals surface area contributed by atoms with Crippen molar-refractivity contribution in [1.82, 2.24) is 15.2 Å². The molecule has 1 heterocycles. The standard InChI is InChI=1S/C15H27N3/c1-6-16-13(4)14(5)18(7-2)11-15-10-8-9-12(3)17-15/h8-10,13-14,16H,6-7,11H2,1-5H3. The first kappa shape index (κ1) is 15.1. The van der Waals surface area contributed by atoms with Crippen LogP contribution in [0.3, 0.4) is 0 Å². The van der Waals surface area contributed by atoms with E-state index in [2.05, 4.69) is 55.0 Å². The Morgan fingerprint density at radius 2 is 2.00 bits per heavy atom. The lowest BCUT2D eigenvalue weighted by Gasteiger charge is -2.32. The first-order valence-electron chi connectivity index (χ1n) is 6.98. The van der Waals surface area contributed by atoms with Crippen LogP contribution < -0.4 is 5.32 Å². The molecule has 0 radical (unpaired) electrons. The fraction of sp³-hybridized carbons (Fsp3) is 0.667. The Hall–Kier alpha value is -0.930. The minimum Gasteiger partial charge on any atom is -0.313 e. The summed E-state index contributed by atoms with van der Waals surface area (Å²) < 4.78 is 0. The van der Waals surface area contributed by atoms with Crippen LogP contribution >= 0.6 is 0 Å². The van der Waals surface area contributed by atoms with Crippen molar-refractivity contribution in [1.29, 1.82) is 0 Å². The topological polar surface area (TPSA) is 28.2 Å². The maximum Gasteiger partial charge on any atom is 0.0547 e. The maximum atomic E-state index is 4.59. The van der Waals surface area contributed by atoms with Gasteiger partial charge in [-0.05, 0) is 46.0 Å². The van der Waals surface area contributed by atoms with Gasteiger partial charge in [0.1, 0.15) is 0 Å². The van der Waals surface area contributed by atoms with Crippen LogP contribution in [0.5, 0.6) is 0 Å². The van der Waals surface area contributed by atoms with Gasteiger partial charge in [-0.15, -0.1) is 0 Å². The van der Waals surface area contributed by atoms with Crippen LogP contribution in [0.1, 0.15) is 39.1 Å². The van der Waals surface area contributed by atoms with Crippen molar-refractivity contribution in [3.63, 3.8) is 0 Å². The highest BCUT2D eigenvalue weighted by atomic mass is 15.2. The fourth-order valence-corrected chi connectivity index (χ4v) is 2.25. The largest absolute Gasteiger partial charge is 0.313 e. The van der Waals surface area contributed by atoms with Crippen molar-refractivity contribution >= 4 is 0 Å². The molecule has 0 aromatic carbocycles. The zero-order valence-electron chi connectivity index (χ0n) is 12.4. The van der Waals surface area contributed by atoms with Crippen molar-refractivity contribution in [3.8, 4) is 0 Å². The highest BCUT2D eigenvalue weighted by Crippen LogP contribution is 2.09. The second-order valence-corrected chi connectivity index (χ2v) is 4.92. The highest BCUT2D eigenvalue weighted by molar-refractivity contribution is 5.10. The zero-order valence-corrected chi connectivity index (χ0v) is 12.4. The Kier molecular flexibility index (Phi) is 6.30. The molecule has 18 heavy (non-hydrogen) atoms. The zero-order chi connectivity index (χ0) is 13.5. The van der Waals surface area contributed by atoms with E-state index in [1.54, 1.807) is 0 Å². The third-order valence-corrected chi connectivity index (χ3v) is 3.54. The summed E-state index contributed by atoms with van der Waals surface area (Å²) in [5.41, 5.74) is 2.25. The summed E-state index contributed by atoms with van der Waals surface area (Å²) in [6, 6.07) is 7.26. The van der Waals surface area contributed by atoms with Crippen LogP contribution in [-0.4, -0.2) is 35.1 Å². The van der Waals surface area contributed by atoms with Crippen molar-refractivity contribution in [2.24, 2.45) is 0 Å². The summed E-state index contributed by atoms with van der Waals surface area (Å²) in [7, 11) is 0. The van der Waals surface area contributed by atoms with Crippen LogP contribution in [0.25, 0.3) is 0 Å². The van der Waals surface area contributed by atoms with Crippen LogP contribution in [0.2, 0.25) is 0 Å². The molecule has 0 fully saturated rings. The molecule has 0 spiro atoms. The number of aromatic nitrogens is 1. The average molecular weight is 249 g/mol. The van der Waals surface area contributed by atoms with Crippen LogP contribution in [0.15, 0.2) is 18.2 Å². The van der Waals surface area contributed by atoms with Crippen molar-refractivity contribution < 1.29 is 0 Å². The van der Waals surface area contributed by atoms with Crippen molar-refractivity contribution in [2.45, 2.75) is 53.2 Å². The Labute approximate surface area is 112 Å². The number of pyridine rings is 1. The minimum absolute atomic E-state index is 0.500. The molecule has 0 aliphatic rings. The molecule has 3 heteroatoms. The number of nitrogens with one attached hydrogen (secondary N) is 1. The van der Waals surface area contributed by atoms with Gasteiger partial charge in [-0.1, -0.05) is 19.9 Å². The summed E-state index contributed by atoms with van der Waals surface area (Å²) in [4.78, 5) is 7.05. The van der Waals surface area contributed by atoms with E-state index >= 15 is 0 Å². The highest BCUT2D eigenvalue weighted by Gasteiger charge is 2.18. The summed E-state index contributed by atoms with van der Waals surface area (Å²) >= 11 is 0. The third kappa shape index (κ3) is 4.39. The molecule has 3 nitrogen and oxygen atoms in total. The molecule has 0 saturated heterocycles. The summed E-state index contributed by atoms with van der Waals surface area (Å²) in [6.07, 6.45) is 0. The smallest absolute Gasteiger partial charge is 0.0547 e. The number of rotatable bonds is 7. The number of hydrogen-bond acceptors (Lipinski definition) is 3. The van der Waals surface area contributed by atoms with Gasteiger partial charge in [0, 0.05) is 24.3 Å². The molecule has 1 N–H and O–H groups in total. The molecule has 1 aromatic rings. The van der Waals surface area contributed by atoms with Crippen LogP contribution in [-0.2, 0) is 6.54 Å². The van der Waals surface area contributed by atoms with Gasteiger partial charge in [-0.2, -0.15) is 0 Å². The fourth-order valence-electron chi connectivity index (χ4n) is 2.25. The molecular weight excluding hydrogens is 222 g/mol. The predicted octanol–water partition coefficient (Wildman–Crippen LogP) is 2.60. The first-order chi connectivity index (χ1) is 8.58. The van der Waals surface area contributed by atoms with E-state index in [1.165, 1.54) is 0 Å². The van der Waals surface area contributed by atoms with Gasteiger partial charge in [0.15, 0.2) is 0 Å². The quantitative estimate of drug-likeness (QED) is 0.805. The van der Waals surface area contributed by atoms with Gasteiger partial charge in [0.25, 0.3) is 0 Å². The van der Waals surface area contributed by atoms with E-state index in [1.807, 2.05) is 13.0 Å². The van der Waals surface area contributed by atoms with Crippen LogP contribution in [0.4, 0.5) is 0 Å². The molecule has 0 saturated carbocycles. The van der Waals surface area contributed by atoms with E-state index in [9.17, 15) is 0 Å². The van der Waals surface area contributed by atoms with Gasteiger partial charge in [0.05, 0.1) is 5.69 Å². The maximum absolute atomic E-state index is 4.59. The first-order valence-corrected chi connectivity index (χ1v) is 6.98. The van der Waals surface area contributed by atoms with Gasteiger partial charge in [-0.25, -0.2) is 0 Å². The Balaban J connectivity index is 2.66. The van der Waals surface area contributed by atoms with Crippen molar-refractivity contribution in [3.05, 3.63) is 29.6 Å². The van der Waals surface area contributed by atoms with Gasteiger partial charge >= 0.3 is 0 Å². The summed E-state index contributed by atoms with van der Waals surface area (Å²) in [5, 5.41) is 3.50. The lowest BCUT2D eigenvalue weighted by Crippen LogP contribution is -2.46. The van der Waals surface area contributed by atoms with Gasteiger partial charge in [-0.3, -0.25) is 9.88 Å². The van der Waals surface area contributed by atoms with E-state index in [-0.39, 0.29) is 0 Å². The van der Waals surface area contributed by atoms with E-state index in [0.29, 0.717) is 12.1 Å². The molecule has 0 bridgehead atoms. The lowest BCUT2D eigenvalue weighted by atomic mass is 10.1. The normalized spacial score (nSPS) is 14.8. The van der Waals surface area contributed by atoms with Crippen LogP contribution in [0, 0.1) is 6.92 Å². The predicted molar refractivity (Wildman–Crippen MR) is 77.7 cm³/mol. The molecule has 1 aromatic heterocycles. The van der Waals surface area contributed by atoms with Gasteiger partial charge in [0.2, 0.25) is 0 Å². The average Bonchev–Trinajstić information content (AvgIpc) is 2.35. The Bertz CT molecular complexity index is 351. The molecule has 2 atom stereocenters. The second kappa shape index (κ2) is 7.49.